The molecule has 0 aromatic carbocycles. The Balaban J connectivity index is 1.14. The molecule has 6 rings (SSSR count). The van der Waals surface area contributed by atoms with Gasteiger partial charge in [0.1, 0.15) is 17.0 Å². The number of likely N-dealkylation sites (N-methyl/N-ethyl adjacent to an activating group) is 1. The third-order valence-electron chi connectivity index (χ3n) is 7.97. The van der Waals surface area contributed by atoms with Gasteiger partial charge in [-0.05, 0) is 57.1 Å². The summed E-state index contributed by atoms with van der Waals surface area (Å²) in [4.78, 5) is 42.4. The van der Waals surface area contributed by atoms with Crippen molar-refractivity contribution < 1.29 is 4.79 Å². The van der Waals surface area contributed by atoms with Crippen LogP contribution in [-0.2, 0) is 6.42 Å². The van der Waals surface area contributed by atoms with E-state index in [9.17, 15) is 4.79 Å². The number of piperazine rings is 1. The first-order valence-corrected chi connectivity index (χ1v) is 15.8. The first kappa shape index (κ1) is 29.1. The van der Waals surface area contributed by atoms with Crippen molar-refractivity contribution >= 4 is 57.2 Å². The van der Waals surface area contributed by atoms with Crippen molar-refractivity contribution in [1.82, 2.24) is 44.9 Å². The Bertz CT molecular complexity index is 1590. The molecule has 0 saturated carbocycles. The molecule has 4 aromatic rings. The summed E-state index contributed by atoms with van der Waals surface area (Å²) in [5, 5.41) is 10.4. The maximum absolute atomic E-state index is 12.7. The molecule has 0 aliphatic carbocycles. The number of halogens is 1. The van der Waals surface area contributed by atoms with Crippen LogP contribution in [-0.4, -0.2) is 110 Å². The number of Topliss-reactive ketones (excluding diaryl/α,β-unsaturated/α-hetero) is 1. The van der Waals surface area contributed by atoms with Crippen molar-refractivity contribution in [3.05, 3.63) is 28.8 Å². The van der Waals surface area contributed by atoms with Gasteiger partial charge < -0.3 is 25.4 Å². The number of nitrogens with zero attached hydrogens (tertiary/aromatic N) is 9. The van der Waals surface area contributed by atoms with Gasteiger partial charge in [0.15, 0.2) is 10.8 Å². The molecule has 0 radical (unpaired) electrons. The van der Waals surface area contributed by atoms with Crippen LogP contribution in [0, 0.1) is 0 Å². The number of H-pyrrole nitrogens is 1. The number of nitrogens with one attached hydrogen (secondary N) is 1. The summed E-state index contributed by atoms with van der Waals surface area (Å²) in [6.45, 7) is 8.97. The van der Waals surface area contributed by atoms with E-state index in [1.807, 2.05) is 6.07 Å². The van der Waals surface area contributed by atoms with Gasteiger partial charge in [0, 0.05) is 68.5 Å². The number of carbonyl (C=O) groups excluding carboxylic acids is 1. The summed E-state index contributed by atoms with van der Waals surface area (Å²) < 4.78 is 0. The summed E-state index contributed by atoms with van der Waals surface area (Å²) in [6.07, 6.45) is 5.54. The molecule has 2 aliphatic rings. The van der Waals surface area contributed by atoms with Crippen LogP contribution in [0.4, 0.5) is 5.82 Å². The minimum Gasteiger partial charge on any atom is -0.354 e. The van der Waals surface area contributed by atoms with Gasteiger partial charge in [-0.15, -0.1) is 10.2 Å². The summed E-state index contributed by atoms with van der Waals surface area (Å²) in [5.41, 5.74) is 8.73. The minimum atomic E-state index is -0.102. The maximum Gasteiger partial charge on any atom is 0.219 e. The van der Waals surface area contributed by atoms with Gasteiger partial charge in [-0.2, -0.15) is 0 Å². The van der Waals surface area contributed by atoms with Gasteiger partial charge in [0.05, 0.1) is 10.4 Å². The molecule has 0 unspecified atom stereocenters. The van der Waals surface area contributed by atoms with Crippen molar-refractivity contribution in [2.24, 2.45) is 5.73 Å². The minimum absolute atomic E-state index is 0.101. The van der Waals surface area contributed by atoms with E-state index in [1.165, 1.54) is 11.8 Å². The highest BCUT2D eigenvalue weighted by atomic mass is 35.5. The summed E-state index contributed by atoms with van der Waals surface area (Å²) in [6, 6.07) is 1.94. The number of aryl methyl sites for hydroxylation is 1. The van der Waals surface area contributed by atoms with Crippen LogP contribution in [0.2, 0.25) is 5.02 Å². The van der Waals surface area contributed by atoms with E-state index in [-0.39, 0.29) is 17.6 Å². The molecule has 4 aromatic heterocycles. The molecular formula is C28H36ClN11OS. The van der Waals surface area contributed by atoms with Crippen LogP contribution in [0.25, 0.3) is 22.2 Å². The molecule has 0 bridgehead atoms. The monoisotopic (exact) mass is 609 g/mol. The molecule has 222 valence electrons. The Kier molecular flexibility index (Phi) is 8.82. The quantitative estimate of drug-likeness (QED) is 0.155. The zero-order valence-electron chi connectivity index (χ0n) is 24.0. The lowest BCUT2D eigenvalue weighted by molar-refractivity contribution is 0.0965. The molecular weight excluding hydrogens is 574 g/mol. The third-order valence-corrected chi connectivity index (χ3v) is 9.21. The zero-order valence-corrected chi connectivity index (χ0v) is 25.6. The fourth-order valence-electron chi connectivity index (χ4n) is 5.46. The van der Waals surface area contributed by atoms with Crippen LogP contribution in [0.3, 0.4) is 0 Å². The molecule has 14 heteroatoms. The number of fused-ring (bicyclic) bond motifs is 2. The standard InChI is InChI=1S/C28H36ClN11OS/c1-3-19-23(29)22-26(32-19)34-28(35-27(22)40-9-7-17(30)16-40)42-18-14-20-24(31-15-18)33-25(37-36-20)21(41)6-4-5-8-39-12-10-38(2)11-13-39/h14-15,17H,3-13,16,30H2,1-2H3,(H,32,34,35)/t17-/m0/s1. The number of ketones is 1. The lowest BCUT2D eigenvalue weighted by Gasteiger charge is -2.32. The Labute approximate surface area is 253 Å². The SMILES string of the molecule is CCc1[nH]c2nc(Sc3cnc4nc(C(=O)CCCCN5CCN(C)CC5)nnc4c3)nc(N3CC[C@H](N)C3)c2c1Cl. The second-order valence-electron chi connectivity index (χ2n) is 11.1. The number of aromatic amines is 1. The summed E-state index contributed by atoms with van der Waals surface area (Å²) >= 11 is 8.10. The van der Waals surface area contributed by atoms with E-state index in [2.05, 4.69) is 53.8 Å². The number of hydrogen-bond donors (Lipinski definition) is 2. The highest BCUT2D eigenvalue weighted by Crippen LogP contribution is 2.37. The fraction of sp³-hybridized carbons (Fsp3) is 0.536. The van der Waals surface area contributed by atoms with E-state index in [1.54, 1.807) is 6.20 Å². The average Bonchev–Trinajstić information content (AvgIpc) is 3.57. The van der Waals surface area contributed by atoms with Gasteiger partial charge in [-0.25, -0.2) is 19.9 Å². The molecule has 0 amide bonds. The van der Waals surface area contributed by atoms with Crippen LogP contribution in [0.5, 0.6) is 0 Å². The van der Waals surface area contributed by atoms with Crippen molar-refractivity contribution in [2.75, 3.05) is 57.8 Å². The van der Waals surface area contributed by atoms with Crippen LogP contribution in [0.1, 0.15) is 48.9 Å². The van der Waals surface area contributed by atoms with Crippen molar-refractivity contribution in [1.29, 1.82) is 0 Å². The molecule has 2 aliphatic heterocycles. The highest BCUT2D eigenvalue weighted by Gasteiger charge is 2.26. The molecule has 42 heavy (non-hydrogen) atoms. The van der Waals surface area contributed by atoms with Gasteiger partial charge in [0.2, 0.25) is 11.6 Å². The molecule has 3 N–H and O–H groups in total. The molecule has 12 nitrogen and oxygen atoms in total. The van der Waals surface area contributed by atoms with Gasteiger partial charge in [-0.3, -0.25) is 4.79 Å². The molecule has 2 saturated heterocycles. The second kappa shape index (κ2) is 12.7. The fourth-order valence-corrected chi connectivity index (χ4v) is 6.57. The Morgan fingerprint density at radius 1 is 1.14 bits per heavy atom. The molecule has 2 fully saturated rings. The first-order valence-electron chi connectivity index (χ1n) is 14.6. The zero-order chi connectivity index (χ0) is 29.2. The van der Waals surface area contributed by atoms with E-state index in [4.69, 9.17) is 27.3 Å². The van der Waals surface area contributed by atoms with Gasteiger partial charge in [-0.1, -0.05) is 18.5 Å². The second-order valence-corrected chi connectivity index (χ2v) is 12.5. The van der Waals surface area contributed by atoms with Gasteiger partial charge in [0.25, 0.3) is 0 Å². The largest absolute Gasteiger partial charge is 0.354 e. The third kappa shape index (κ3) is 6.35. The topological polar surface area (TPSA) is 146 Å². The normalized spacial score (nSPS) is 18.5. The predicted molar refractivity (Wildman–Crippen MR) is 164 cm³/mol. The van der Waals surface area contributed by atoms with E-state index in [0.29, 0.717) is 33.4 Å². The Hall–Kier alpha value is -2.97. The number of rotatable bonds is 10. The Morgan fingerprint density at radius 2 is 1.98 bits per heavy atom. The number of pyridine rings is 1. The van der Waals surface area contributed by atoms with Crippen LogP contribution < -0.4 is 10.6 Å². The highest BCUT2D eigenvalue weighted by molar-refractivity contribution is 7.99. The number of hydrogen-bond acceptors (Lipinski definition) is 12. The molecule has 1 atom stereocenters. The number of carbonyl (C=O) groups is 1. The lowest BCUT2D eigenvalue weighted by Crippen LogP contribution is -2.44. The van der Waals surface area contributed by atoms with Crippen molar-refractivity contribution in [3.8, 4) is 0 Å². The average molecular weight is 610 g/mol. The molecule has 6 heterocycles. The lowest BCUT2D eigenvalue weighted by atomic mass is 10.1. The van der Waals surface area contributed by atoms with E-state index >= 15 is 0 Å². The van der Waals surface area contributed by atoms with Gasteiger partial charge >= 0.3 is 0 Å². The summed E-state index contributed by atoms with van der Waals surface area (Å²) in [5.74, 6) is 0.806. The summed E-state index contributed by atoms with van der Waals surface area (Å²) in [7, 11) is 2.15. The van der Waals surface area contributed by atoms with Crippen molar-refractivity contribution in [2.45, 2.75) is 55.1 Å². The Morgan fingerprint density at radius 3 is 2.74 bits per heavy atom. The van der Waals surface area contributed by atoms with E-state index in [0.717, 1.165) is 93.3 Å². The first-order chi connectivity index (χ1) is 20.4. The van der Waals surface area contributed by atoms with E-state index < -0.39 is 0 Å². The number of unbranched alkanes of at least 4 members (excludes halogenated alkanes) is 1. The number of nitrogens with two attached hydrogens (primary N) is 1. The smallest absolute Gasteiger partial charge is 0.219 e. The number of aromatic nitrogens is 7. The number of anilines is 1. The van der Waals surface area contributed by atoms with Crippen LogP contribution >= 0.6 is 23.4 Å². The molecule has 0 spiro atoms. The van der Waals surface area contributed by atoms with Crippen LogP contribution in [0.15, 0.2) is 22.3 Å². The van der Waals surface area contributed by atoms with Crippen molar-refractivity contribution in [3.63, 3.8) is 0 Å². The predicted octanol–water partition coefficient (Wildman–Crippen LogP) is 3.20. The maximum atomic E-state index is 12.7.